The van der Waals surface area contributed by atoms with Gasteiger partial charge in [0, 0.05) is 24.7 Å². The highest BCUT2D eigenvalue weighted by Gasteiger charge is 2.11. The summed E-state index contributed by atoms with van der Waals surface area (Å²) in [6.45, 7) is 4.29. The monoisotopic (exact) mass is 467 g/mol. The van der Waals surface area contributed by atoms with Gasteiger partial charge in [-0.2, -0.15) is 9.97 Å². The van der Waals surface area contributed by atoms with Crippen molar-refractivity contribution in [1.29, 1.82) is 0 Å². The molecule has 0 bridgehead atoms. The molecular weight excluding hydrogens is 445 g/mol. The van der Waals surface area contributed by atoms with Gasteiger partial charge in [0.25, 0.3) is 0 Å². The fourth-order valence-corrected chi connectivity index (χ4v) is 2.88. The van der Waals surface area contributed by atoms with Crippen LogP contribution in [-0.4, -0.2) is 29.9 Å². The highest BCUT2D eigenvalue weighted by molar-refractivity contribution is 5.85. The highest BCUT2D eigenvalue weighted by atomic mass is 35.5. The highest BCUT2D eigenvalue weighted by Crippen LogP contribution is 2.22. The van der Waals surface area contributed by atoms with Crippen LogP contribution in [0.4, 0.5) is 27.8 Å². The van der Waals surface area contributed by atoms with Crippen molar-refractivity contribution in [3.05, 3.63) is 84.1 Å². The number of aromatic nitrogens is 6. The summed E-state index contributed by atoms with van der Waals surface area (Å²) in [4.78, 5) is 26.0. The Hall–Kier alpha value is -3.92. The van der Waals surface area contributed by atoms with Gasteiger partial charge >= 0.3 is 0 Å². The SMILES string of the molecule is Cc1cnc(CNc2cc(Nc3cnccn3)nc(N[C@@H](C)c3ccc(F)cc3)n2)cn1.Cl. The molecule has 0 aliphatic heterocycles. The lowest BCUT2D eigenvalue weighted by Gasteiger charge is -2.16. The largest absolute Gasteiger partial charge is 0.364 e. The molecule has 3 aromatic heterocycles. The molecule has 0 fully saturated rings. The first-order valence-electron chi connectivity index (χ1n) is 10.0. The van der Waals surface area contributed by atoms with E-state index < -0.39 is 0 Å². The van der Waals surface area contributed by atoms with Crippen molar-refractivity contribution in [3.8, 4) is 0 Å². The van der Waals surface area contributed by atoms with Crippen LogP contribution in [0.5, 0.6) is 0 Å². The second-order valence-electron chi connectivity index (χ2n) is 7.10. The second-order valence-corrected chi connectivity index (χ2v) is 7.10. The Morgan fingerprint density at radius 1 is 0.909 bits per heavy atom. The van der Waals surface area contributed by atoms with Gasteiger partial charge in [-0.1, -0.05) is 12.1 Å². The smallest absolute Gasteiger partial charge is 0.227 e. The average molecular weight is 468 g/mol. The first kappa shape index (κ1) is 23.7. The van der Waals surface area contributed by atoms with Crippen molar-refractivity contribution < 1.29 is 4.39 Å². The lowest BCUT2D eigenvalue weighted by molar-refractivity contribution is 0.626. The van der Waals surface area contributed by atoms with Crippen LogP contribution >= 0.6 is 12.4 Å². The number of hydrogen-bond acceptors (Lipinski definition) is 9. The van der Waals surface area contributed by atoms with Crippen LogP contribution in [0.1, 0.15) is 29.9 Å². The third kappa shape index (κ3) is 6.78. The average Bonchev–Trinajstić information content (AvgIpc) is 2.80. The molecule has 1 atom stereocenters. The topological polar surface area (TPSA) is 113 Å². The number of benzene rings is 1. The second kappa shape index (κ2) is 11.1. The summed E-state index contributed by atoms with van der Waals surface area (Å²) in [5, 5.41) is 9.64. The first-order valence-corrected chi connectivity index (χ1v) is 10.0. The van der Waals surface area contributed by atoms with E-state index in [2.05, 4.69) is 45.9 Å². The third-order valence-electron chi connectivity index (χ3n) is 4.55. The Labute approximate surface area is 196 Å². The van der Waals surface area contributed by atoms with Gasteiger partial charge in [0.15, 0.2) is 0 Å². The van der Waals surface area contributed by atoms with E-state index >= 15 is 0 Å². The Kier molecular flexibility index (Phi) is 7.98. The van der Waals surface area contributed by atoms with Gasteiger partial charge in [-0.25, -0.2) is 9.37 Å². The third-order valence-corrected chi connectivity index (χ3v) is 4.55. The molecular formula is C22H23ClFN9. The van der Waals surface area contributed by atoms with Crippen molar-refractivity contribution in [3.63, 3.8) is 0 Å². The minimum absolute atomic E-state index is 0. The molecule has 1 aromatic carbocycles. The van der Waals surface area contributed by atoms with Gasteiger partial charge < -0.3 is 16.0 Å². The van der Waals surface area contributed by atoms with Crippen molar-refractivity contribution in [2.45, 2.75) is 26.4 Å². The zero-order valence-electron chi connectivity index (χ0n) is 18.0. The quantitative estimate of drug-likeness (QED) is 0.345. The van der Waals surface area contributed by atoms with Crippen LogP contribution in [0.2, 0.25) is 0 Å². The number of aryl methyl sites for hydroxylation is 1. The maximum Gasteiger partial charge on any atom is 0.227 e. The van der Waals surface area contributed by atoms with Crippen LogP contribution in [-0.2, 0) is 6.54 Å². The number of anilines is 4. The molecule has 0 saturated heterocycles. The molecule has 3 heterocycles. The summed E-state index contributed by atoms with van der Waals surface area (Å²) < 4.78 is 13.3. The number of nitrogens with zero attached hydrogens (tertiary/aromatic N) is 6. The van der Waals surface area contributed by atoms with Crippen molar-refractivity contribution >= 4 is 35.8 Å². The standard InChI is InChI=1S/C22H22FN9.ClH/c1-14-10-27-18(11-26-14)12-28-19-9-20(30-21-13-24-7-8-25-21)32-22(31-19)29-15(2)16-3-5-17(23)6-4-16;/h3-11,13,15H,12H2,1-2H3,(H3,25,28,29,30,31,32);1H/t15-;/m0./s1. The van der Waals surface area contributed by atoms with Gasteiger partial charge in [0.1, 0.15) is 23.3 Å². The molecule has 0 spiro atoms. The van der Waals surface area contributed by atoms with Crippen molar-refractivity contribution in [2.24, 2.45) is 0 Å². The van der Waals surface area contributed by atoms with Crippen LogP contribution in [0.3, 0.4) is 0 Å². The van der Waals surface area contributed by atoms with Gasteiger partial charge in [-0.15, -0.1) is 12.4 Å². The lowest BCUT2D eigenvalue weighted by atomic mass is 10.1. The van der Waals surface area contributed by atoms with Crippen LogP contribution in [0, 0.1) is 12.7 Å². The molecule has 0 aliphatic carbocycles. The van der Waals surface area contributed by atoms with Gasteiger partial charge in [-0.05, 0) is 31.5 Å². The van der Waals surface area contributed by atoms with Crippen molar-refractivity contribution in [1.82, 2.24) is 29.9 Å². The molecule has 4 aromatic rings. The van der Waals surface area contributed by atoms with Crippen molar-refractivity contribution in [2.75, 3.05) is 16.0 Å². The molecule has 11 heteroatoms. The number of halogens is 2. The summed E-state index contributed by atoms with van der Waals surface area (Å²) in [5.41, 5.74) is 2.55. The molecule has 170 valence electrons. The molecule has 9 nitrogen and oxygen atoms in total. The minimum atomic E-state index is -0.280. The summed E-state index contributed by atoms with van der Waals surface area (Å²) in [6.07, 6.45) is 8.23. The van der Waals surface area contributed by atoms with E-state index in [0.29, 0.717) is 29.9 Å². The van der Waals surface area contributed by atoms with Gasteiger partial charge in [0.05, 0.1) is 36.4 Å². The Morgan fingerprint density at radius 3 is 2.39 bits per heavy atom. The predicted octanol–water partition coefficient (Wildman–Crippen LogP) is 4.45. The number of hydrogen-bond donors (Lipinski definition) is 3. The fourth-order valence-electron chi connectivity index (χ4n) is 2.88. The van der Waals surface area contributed by atoms with E-state index in [9.17, 15) is 4.39 Å². The molecule has 4 rings (SSSR count). The molecule has 3 N–H and O–H groups in total. The van der Waals surface area contributed by atoms with Gasteiger partial charge in [-0.3, -0.25) is 15.0 Å². The summed E-state index contributed by atoms with van der Waals surface area (Å²) in [7, 11) is 0. The number of nitrogens with one attached hydrogen (secondary N) is 3. The van der Waals surface area contributed by atoms with E-state index in [4.69, 9.17) is 0 Å². The molecule has 0 aliphatic rings. The van der Waals surface area contributed by atoms with Crippen LogP contribution in [0.25, 0.3) is 0 Å². The molecule has 0 amide bonds. The zero-order valence-corrected chi connectivity index (χ0v) is 18.8. The van der Waals surface area contributed by atoms with Crippen LogP contribution in [0.15, 0.2) is 61.3 Å². The summed E-state index contributed by atoms with van der Waals surface area (Å²) in [6, 6.07) is 7.93. The zero-order chi connectivity index (χ0) is 22.3. The normalized spacial score (nSPS) is 11.2. The van der Waals surface area contributed by atoms with E-state index in [1.54, 1.807) is 49.2 Å². The summed E-state index contributed by atoms with van der Waals surface area (Å²) >= 11 is 0. The van der Waals surface area contributed by atoms with Crippen LogP contribution < -0.4 is 16.0 Å². The number of rotatable bonds is 8. The van der Waals surface area contributed by atoms with E-state index in [1.807, 2.05) is 13.8 Å². The van der Waals surface area contributed by atoms with E-state index in [1.165, 1.54) is 12.1 Å². The Morgan fingerprint density at radius 2 is 1.70 bits per heavy atom. The molecule has 33 heavy (non-hydrogen) atoms. The van der Waals surface area contributed by atoms with E-state index in [-0.39, 0.29) is 24.3 Å². The maximum absolute atomic E-state index is 13.3. The summed E-state index contributed by atoms with van der Waals surface area (Å²) in [5.74, 6) is 1.79. The fraction of sp³-hybridized carbons (Fsp3) is 0.182. The molecule has 0 radical (unpaired) electrons. The van der Waals surface area contributed by atoms with Gasteiger partial charge in [0.2, 0.25) is 5.95 Å². The maximum atomic E-state index is 13.3. The first-order chi connectivity index (χ1) is 15.5. The Balaban J connectivity index is 0.00000306. The molecule has 0 unspecified atom stereocenters. The van der Waals surface area contributed by atoms with E-state index in [0.717, 1.165) is 17.0 Å². The molecule has 0 saturated carbocycles. The lowest BCUT2D eigenvalue weighted by Crippen LogP contribution is -2.12. The minimum Gasteiger partial charge on any atom is -0.364 e. The Bertz CT molecular complexity index is 1160. The predicted molar refractivity (Wildman–Crippen MR) is 127 cm³/mol.